The highest BCUT2D eigenvalue weighted by molar-refractivity contribution is 14.1. The summed E-state index contributed by atoms with van der Waals surface area (Å²) in [6, 6.07) is 8.16. The molecule has 2 heteroatoms. The minimum atomic E-state index is 0.726. The third kappa shape index (κ3) is 1.24. The van der Waals surface area contributed by atoms with Crippen LogP contribution in [0.1, 0.15) is 12.5 Å². The first-order chi connectivity index (χ1) is 5.79. The molecule has 0 radical (unpaired) electrons. The Labute approximate surface area is 85.6 Å². The van der Waals surface area contributed by atoms with Crippen molar-refractivity contribution in [1.82, 2.24) is 0 Å². The van der Waals surface area contributed by atoms with Crippen LogP contribution < -0.4 is 4.74 Å². The average molecular weight is 272 g/mol. The van der Waals surface area contributed by atoms with Gasteiger partial charge in [0.1, 0.15) is 12.4 Å². The van der Waals surface area contributed by atoms with Crippen LogP contribution in [0.2, 0.25) is 0 Å². The van der Waals surface area contributed by atoms with Gasteiger partial charge in [-0.3, -0.25) is 0 Å². The van der Waals surface area contributed by atoms with Gasteiger partial charge in [-0.15, -0.1) is 0 Å². The fourth-order valence-electron chi connectivity index (χ4n) is 1.30. The van der Waals surface area contributed by atoms with E-state index in [0.717, 1.165) is 12.4 Å². The van der Waals surface area contributed by atoms with Gasteiger partial charge in [-0.1, -0.05) is 18.2 Å². The lowest BCUT2D eigenvalue weighted by atomic mass is 10.0. The SMILES string of the molecule is CC1=C(I)COc2ccccc21. The van der Waals surface area contributed by atoms with Crippen molar-refractivity contribution in [3.05, 3.63) is 33.4 Å². The second kappa shape index (κ2) is 3.09. The van der Waals surface area contributed by atoms with Crippen LogP contribution in [-0.2, 0) is 0 Å². The summed E-state index contributed by atoms with van der Waals surface area (Å²) in [6.07, 6.45) is 0. The van der Waals surface area contributed by atoms with Crippen LogP contribution >= 0.6 is 22.6 Å². The molecule has 0 saturated heterocycles. The maximum atomic E-state index is 5.54. The van der Waals surface area contributed by atoms with E-state index < -0.39 is 0 Å². The molecule has 0 N–H and O–H groups in total. The Kier molecular flexibility index (Phi) is 2.09. The number of hydrogen-bond acceptors (Lipinski definition) is 1. The van der Waals surface area contributed by atoms with Crippen molar-refractivity contribution >= 4 is 28.2 Å². The van der Waals surface area contributed by atoms with Gasteiger partial charge in [0.25, 0.3) is 0 Å². The maximum absolute atomic E-state index is 5.54. The molecule has 0 fully saturated rings. The minimum Gasteiger partial charge on any atom is -0.488 e. The van der Waals surface area contributed by atoms with Gasteiger partial charge in [-0.05, 0) is 41.2 Å². The molecular formula is C10H9IO. The molecule has 1 aromatic rings. The minimum absolute atomic E-state index is 0.726. The summed E-state index contributed by atoms with van der Waals surface area (Å²) in [5.74, 6) is 1.01. The van der Waals surface area contributed by atoms with Crippen LogP contribution in [0.4, 0.5) is 0 Å². The quantitative estimate of drug-likeness (QED) is 0.659. The molecule has 0 atom stereocenters. The highest BCUT2D eigenvalue weighted by atomic mass is 127. The van der Waals surface area contributed by atoms with Crippen LogP contribution in [0.5, 0.6) is 5.75 Å². The molecule has 1 heterocycles. The van der Waals surface area contributed by atoms with Crippen molar-refractivity contribution in [3.63, 3.8) is 0 Å². The van der Waals surface area contributed by atoms with Gasteiger partial charge in [0.2, 0.25) is 0 Å². The van der Waals surface area contributed by atoms with Crippen molar-refractivity contribution in [1.29, 1.82) is 0 Å². The fraction of sp³-hybridized carbons (Fsp3) is 0.200. The number of benzene rings is 1. The zero-order valence-corrected chi connectivity index (χ0v) is 8.96. The predicted octanol–water partition coefficient (Wildman–Crippen LogP) is 3.25. The number of fused-ring (bicyclic) bond motifs is 1. The van der Waals surface area contributed by atoms with Crippen molar-refractivity contribution in [2.45, 2.75) is 6.92 Å². The van der Waals surface area contributed by atoms with Crippen LogP contribution in [0, 0.1) is 0 Å². The Morgan fingerprint density at radius 3 is 2.92 bits per heavy atom. The highest BCUT2D eigenvalue weighted by Gasteiger charge is 2.13. The first kappa shape index (κ1) is 8.10. The van der Waals surface area contributed by atoms with E-state index in [9.17, 15) is 0 Å². The Morgan fingerprint density at radius 1 is 1.33 bits per heavy atom. The third-order valence-corrected chi connectivity index (χ3v) is 3.17. The standard InChI is InChI=1S/C10H9IO/c1-7-8-4-2-3-5-10(8)12-6-9(7)11/h2-5H,6H2,1H3. The largest absolute Gasteiger partial charge is 0.488 e. The lowest BCUT2D eigenvalue weighted by Crippen LogP contribution is -2.06. The summed E-state index contributed by atoms with van der Waals surface area (Å²) in [5.41, 5.74) is 2.57. The number of para-hydroxylation sites is 1. The van der Waals surface area contributed by atoms with E-state index in [-0.39, 0.29) is 0 Å². The van der Waals surface area contributed by atoms with E-state index in [2.05, 4.69) is 35.6 Å². The number of halogens is 1. The van der Waals surface area contributed by atoms with Gasteiger partial charge in [0, 0.05) is 9.14 Å². The van der Waals surface area contributed by atoms with Crippen molar-refractivity contribution in [3.8, 4) is 5.75 Å². The van der Waals surface area contributed by atoms with E-state index >= 15 is 0 Å². The van der Waals surface area contributed by atoms with Gasteiger partial charge in [0.15, 0.2) is 0 Å². The number of allylic oxidation sites excluding steroid dienone is 1. The fourth-order valence-corrected chi connectivity index (χ4v) is 1.74. The lowest BCUT2D eigenvalue weighted by Gasteiger charge is -2.18. The Bertz CT molecular complexity index is 341. The topological polar surface area (TPSA) is 9.23 Å². The van der Waals surface area contributed by atoms with Crippen LogP contribution in [0.3, 0.4) is 0 Å². The molecular weight excluding hydrogens is 263 g/mol. The van der Waals surface area contributed by atoms with E-state index in [1.807, 2.05) is 18.2 Å². The molecule has 0 aliphatic carbocycles. The average Bonchev–Trinajstić information content (AvgIpc) is 2.12. The summed E-state index contributed by atoms with van der Waals surface area (Å²) in [5, 5.41) is 0. The molecule has 0 saturated carbocycles. The second-order valence-corrected chi connectivity index (χ2v) is 4.12. The summed E-state index contributed by atoms with van der Waals surface area (Å²) < 4.78 is 6.84. The zero-order chi connectivity index (χ0) is 8.55. The number of hydrogen-bond donors (Lipinski definition) is 0. The van der Waals surface area contributed by atoms with Crippen LogP contribution in [0.15, 0.2) is 27.8 Å². The Balaban J connectivity index is 2.59. The van der Waals surface area contributed by atoms with Gasteiger partial charge in [0.05, 0.1) is 0 Å². The molecule has 0 amide bonds. The van der Waals surface area contributed by atoms with E-state index in [0.29, 0.717) is 0 Å². The molecule has 0 aromatic heterocycles. The van der Waals surface area contributed by atoms with Gasteiger partial charge < -0.3 is 4.74 Å². The molecule has 0 spiro atoms. The molecule has 1 nitrogen and oxygen atoms in total. The lowest BCUT2D eigenvalue weighted by molar-refractivity contribution is 0.356. The van der Waals surface area contributed by atoms with Gasteiger partial charge in [-0.2, -0.15) is 0 Å². The monoisotopic (exact) mass is 272 g/mol. The van der Waals surface area contributed by atoms with E-state index in [1.165, 1.54) is 14.7 Å². The molecule has 1 aliphatic heterocycles. The number of ether oxygens (including phenoxy) is 1. The summed E-state index contributed by atoms with van der Waals surface area (Å²) in [4.78, 5) is 0. The van der Waals surface area contributed by atoms with Gasteiger partial charge >= 0.3 is 0 Å². The highest BCUT2D eigenvalue weighted by Crippen LogP contribution is 2.34. The first-order valence-electron chi connectivity index (χ1n) is 3.86. The van der Waals surface area contributed by atoms with Crippen molar-refractivity contribution < 1.29 is 4.74 Å². The van der Waals surface area contributed by atoms with Crippen LogP contribution in [0.25, 0.3) is 5.57 Å². The van der Waals surface area contributed by atoms with Crippen molar-refractivity contribution in [2.75, 3.05) is 6.61 Å². The number of rotatable bonds is 0. The van der Waals surface area contributed by atoms with Gasteiger partial charge in [-0.25, -0.2) is 0 Å². The van der Waals surface area contributed by atoms with E-state index in [1.54, 1.807) is 0 Å². The predicted molar refractivity (Wildman–Crippen MR) is 58.6 cm³/mol. The summed E-state index contributed by atoms with van der Waals surface area (Å²) >= 11 is 2.33. The summed E-state index contributed by atoms with van der Waals surface area (Å²) in [7, 11) is 0. The molecule has 0 unspecified atom stereocenters. The molecule has 62 valence electrons. The van der Waals surface area contributed by atoms with Crippen molar-refractivity contribution in [2.24, 2.45) is 0 Å². The summed E-state index contributed by atoms with van der Waals surface area (Å²) in [6.45, 7) is 2.87. The van der Waals surface area contributed by atoms with Crippen LogP contribution in [-0.4, -0.2) is 6.61 Å². The Morgan fingerprint density at radius 2 is 2.08 bits per heavy atom. The molecule has 2 rings (SSSR count). The molecule has 12 heavy (non-hydrogen) atoms. The Hall–Kier alpha value is -0.510. The third-order valence-electron chi connectivity index (χ3n) is 2.05. The van der Waals surface area contributed by atoms with E-state index in [4.69, 9.17) is 4.74 Å². The smallest absolute Gasteiger partial charge is 0.127 e. The second-order valence-electron chi connectivity index (χ2n) is 2.81. The normalized spacial score (nSPS) is 15.5. The molecule has 1 aliphatic rings. The first-order valence-corrected chi connectivity index (χ1v) is 4.94. The maximum Gasteiger partial charge on any atom is 0.127 e. The molecule has 1 aromatic carbocycles. The molecule has 0 bridgehead atoms. The zero-order valence-electron chi connectivity index (χ0n) is 6.80.